The SMILES string of the molecule is NC(=O)C(N)Cc1ccc(Br)o1. The smallest absolute Gasteiger partial charge is 0.234 e. The number of furan rings is 1. The molecule has 0 radical (unpaired) electrons. The summed E-state index contributed by atoms with van der Waals surface area (Å²) in [5.74, 6) is 0.121. The molecule has 4 nitrogen and oxygen atoms in total. The number of nitrogens with two attached hydrogens (primary N) is 2. The molecule has 1 aromatic rings. The maximum atomic E-state index is 10.6. The standard InChI is InChI=1S/C7H9BrN2O2/c8-6-2-1-4(12-6)3-5(9)7(10)11/h1-2,5H,3,9H2,(H2,10,11). The van der Waals surface area contributed by atoms with Crippen LogP contribution in [0.5, 0.6) is 0 Å². The Morgan fingerprint density at radius 1 is 1.67 bits per heavy atom. The van der Waals surface area contributed by atoms with Crippen LogP contribution in [-0.4, -0.2) is 11.9 Å². The lowest BCUT2D eigenvalue weighted by atomic mass is 10.2. The maximum absolute atomic E-state index is 10.6. The van der Waals surface area contributed by atoms with Gasteiger partial charge in [0.2, 0.25) is 5.91 Å². The Morgan fingerprint density at radius 3 is 2.75 bits per heavy atom. The van der Waals surface area contributed by atoms with Crippen LogP contribution in [0.25, 0.3) is 0 Å². The van der Waals surface area contributed by atoms with Gasteiger partial charge < -0.3 is 15.9 Å². The van der Waals surface area contributed by atoms with Gasteiger partial charge in [0.1, 0.15) is 5.76 Å². The van der Waals surface area contributed by atoms with Gasteiger partial charge in [-0.2, -0.15) is 0 Å². The van der Waals surface area contributed by atoms with E-state index >= 15 is 0 Å². The number of hydrogen-bond donors (Lipinski definition) is 2. The van der Waals surface area contributed by atoms with E-state index in [0.717, 1.165) is 0 Å². The highest BCUT2D eigenvalue weighted by Crippen LogP contribution is 2.14. The summed E-state index contributed by atoms with van der Waals surface area (Å²) in [6.07, 6.45) is 0.334. The van der Waals surface area contributed by atoms with Crippen LogP contribution in [0.15, 0.2) is 21.2 Å². The van der Waals surface area contributed by atoms with Crippen molar-refractivity contribution in [3.8, 4) is 0 Å². The fourth-order valence-electron chi connectivity index (χ4n) is 0.779. The predicted molar refractivity (Wildman–Crippen MR) is 47.3 cm³/mol. The minimum absolute atomic E-state index is 0.334. The molecule has 66 valence electrons. The first kappa shape index (κ1) is 9.28. The van der Waals surface area contributed by atoms with E-state index in [0.29, 0.717) is 16.9 Å². The molecule has 1 rings (SSSR count). The van der Waals surface area contributed by atoms with E-state index in [1.54, 1.807) is 12.1 Å². The van der Waals surface area contributed by atoms with Gasteiger partial charge in [0.15, 0.2) is 4.67 Å². The van der Waals surface area contributed by atoms with Crippen molar-refractivity contribution in [3.05, 3.63) is 22.6 Å². The van der Waals surface area contributed by atoms with Gasteiger partial charge in [0, 0.05) is 6.42 Å². The van der Waals surface area contributed by atoms with Crippen LogP contribution in [0, 0.1) is 0 Å². The van der Waals surface area contributed by atoms with E-state index in [4.69, 9.17) is 15.9 Å². The van der Waals surface area contributed by atoms with Crippen molar-refractivity contribution in [2.75, 3.05) is 0 Å². The first-order valence-electron chi connectivity index (χ1n) is 3.38. The van der Waals surface area contributed by atoms with E-state index in [9.17, 15) is 4.79 Å². The fourth-order valence-corrected chi connectivity index (χ4v) is 1.12. The molecule has 0 aromatic carbocycles. The van der Waals surface area contributed by atoms with E-state index < -0.39 is 11.9 Å². The fraction of sp³-hybridized carbons (Fsp3) is 0.286. The number of carbonyl (C=O) groups is 1. The Kier molecular flexibility index (Phi) is 2.88. The highest BCUT2D eigenvalue weighted by Gasteiger charge is 2.11. The lowest BCUT2D eigenvalue weighted by Crippen LogP contribution is -2.37. The molecule has 0 aliphatic heterocycles. The molecule has 0 fully saturated rings. The van der Waals surface area contributed by atoms with Gasteiger partial charge in [-0.1, -0.05) is 0 Å². The van der Waals surface area contributed by atoms with Gasteiger partial charge in [-0.25, -0.2) is 0 Å². The van der Waals surface area contributed by atoms with Crippen LogP contribution in [0.4, 0.5) is 0 Å². The molecule has 0 bridgehead atoms. The summed E-state index contributed by atoms with van der Waals surface area (Å²) in [5, 5.41) is 0. The minimum Gasteiger partial charge on any atom is -0.454 e. The third kappa shape index (κ3) is 2.35. The zero-order chi connectivity index (χ0) is 9.14. The lowest BCUT2D eigenvalue weighted by molar-refractivity contribution is -0.119. The van der Waals surface area contributed by atoms with E-state index in [2.05, 4.69) is 15.9 Å². The molecule has 12 heavy (non-hydrogen) atoms. The molecule has 1 heterocycles. The maximum Gasteiger partial charge on any atom is 0.234 e. The Morgan fingerprint density at radius 2 is 2.33 bits per heavy atom. The van der Waals surface area contributed by atoms with E-state index in [1.165, 1.54) is 0 Å². The predicted octanol–water partition coefficient (Wildman–Crippen LogP) is 0.397. The molecule has 0 aliphatic carbocycles. The van der Waals surface area contributed by atoms with Gasteiger partial charge in [-0.15, -0.1) is 0 Å². The van der Waals surface area contributed by atoms with Crippen molar-refractivity contribution in [2.45, 2.75) is 12.5 Å². The zero-order valence-corrected chi connectivity index (χ0v) is 7.87. The molecule has 0 spiro atoms. The summed E-state index contributed by atoms with van der Waals surface area (Å²) in [5.41, 5.74) is 10.4. The molecule has 0 saturated carbocycles. The number of amides is 1. The zero-order valence-electron chi connectivity index (χ0n) is 6.29. The monoisotopic (exact) mass is 232 g/mol. The van der Waals surface area contributed by atoms with E-state index in [-0.39, 0.29) is 0 Å². The molecule has 1 atom stereocenters. The van der Waals surface area contributed by atoms with Gasteiger partial charge in [0.05, 0.1) is 6.04 Å². The molecule has 1 aromatic heterocycles. The van der Waals surface area contributed by atoms with Gasteiger partial charge >= 0.3 is 0 Å². The Hall–Kier alpha value is -0.810. The number of halogens is 1. The van der Waals surface area contributed by atoms with Crippen molar-refractivity contribution >= 4 is 21.8 Å². The van der Waals surface area contributed by atoms with Crippen LogP contribution in [0.3, 0.4) is 0 Å². The average Bonchev–Trinajstić information content (AvgIpc) is 2.35. The van der Waals surface area contributed by atoms with Crippen LogP contribution < -0.4 is 11.5 Å². The van der Waals surface area contributed by atoms with Crippen molar-refractivity contribution in [3.63, 3.8) is 0 Å². The third-order valence-corrected chi connectivity index (χ3v) is 1.84. The van der Waals surface area contributed by atoms with Crippen LogP contribution in [0.2, 0.25) is 0 Å². The Labute approximate surface area is 78.0 Å². The highest BCUT2D eigenvalue weighted by atomic mass is 79.9. The summed E-state index contributed by atoms with van der Waals surface area (Å²) >= 11 is 3.14. The van der Waals surface area contributed by atoms with Crippen molar-refractivity contribution in [1.82, 2.24) is 0 Å². The molecule has 0 saturated heterocycles. The second kappa shape index (κ2) is 3.73. The molecule has 0 aliphatic rings. The summed E-state index contributed by atoms with van der Waals surface area (Å²) in [6.45, 7) is 0. The average molecular weight is 233 g/mol. The molecule has 1 amide bonds. The van der Waals surface area contributed by atoms with Crippen LogP contribution in [-0.2, 0) is 11.2 Å². The Bertz CT molecular complexity index is 285. The molecule has 1 unspecified atom stereocenters. The van der Waals surface area contributed by atoms with Crippen molar-refractivity contribution < 1.29 is 9.21 Å². The number of rotatable bonds is 3. The van der Waals surface area contributed by atoms with Gasteiger partial charge in [0.25, 0.3) is 0 Å². The summed E-state index contributed by atoms with van der Waals surface area (Å²) in [7, 11) is 0. The molecular weight excluding hydrogens is 224 g/mol. The van der Waals surface area contributed by atoms with Crippen molar-refractivity contribution in [1.29, 1.82) is 0 Å². The Balaban J connectivity index is 2.58. The van der Waals surface area contributed by atoms with Crippen molar-refractivity contribution in [2.24, 2.45) is 11.5 Å². The molecular formula is C7H9BrN2O2. The normalized spacial score (nSPS) is 12.8. The third-order valence-electron chi connectivity index (χ3n) is 1.42. The first-order chi connectivity index (χ1) is 5.59. The second-order valence-corrected chi connectivity index (χ2v) is 3.20. The van der Waals surface area contributed by atoms with E-state index in [1.807, 2.05) is 0 Å². The van der Waals surface area contributed by atoms with Crippen LogP contribution in [0.1, 0.15) is 5.76 Å². The highest BCUT2D eigenvalue weighted by molar-refractivity contribution is 9.10. The topological polar surface area (TPSA) is 82.2 Å². The van der Waals surface area contributed by atoms with Gasteiger partial charge in [-0.05, 0) is 28.1 Å². The van der Waals surface area contributed by atoms with Gasteiger partial charge in [-0.3, -0.25) is 4.79 Å². The number of primary amides is 1. The molecule has 4 N–H and O–H groups in total. The first-order valence-corrected chi connectivity index (χ1v) is 4.18. The summed E-state index contributed by atoms with van der Waals surface area (Å²) < 4.78 is 5.75. The lowest BCUT2D eigenvalue weighted by Gasteiger charge is -2.03. The molecule has 5 heteroatoms. The summed E-state index contributed by atoms with van der Waals surface area (Å²) in [4.78, 5) is 10.6. The largest absolute Gasteiger partial charge is 0.454 e. The summed E-state index contributed by atoms with van der Waals surface area (Å²) in [6, 6.07) is 2.80. The second-order valence-electron chi connectivity index (χ2n) is 2.42. The number of hydrogen-bond acceptors (Lipinski definition) is 3. The quantitative estimate of drug-likeness (QED) is 0.792. The minimum atomic E-state index is -0.678. The van der Waals surface area contributed by atoms with Crippen LogP contribution >= 0.6 is 15.9 Å². The number of carbonyl (C=O) groups excluding carboxylic acids is 1.